The molecule has 0 aliphatic heterocycles. The van der Waals surface area contributed by atoms with Crippen LogP contribution in [0.3, 0.4) is 0 Å². The fourth-order valence-corrected chi connectivity index (χ4v) is 2.23. The molecule has 0 saturated heterocycles. The minimum atomic E-state index is 0.612. The maximum absolute atomic E-state index is 6.11. The van der Waals surface area contributed by atoms with E-state index < -0.39 is 0 Å². The minimum absolute atomic E-state index is 0.612. The molecule has 0 heterocycles. The molecule has 0 fully saturated rings. The van der Waals surface area contributed by atoms with Crippen LogP contribution in [0.5, 0.6) is 11.5 Å². The third kappa shape index (κ3) is 3.49. The number of benzene rings is 2. The molecule has 0 aliphatic rings. The van der Waals surface area contributed by atoms with Crippen molar-refractivity contribution in [1.82, 2.24) is 0 Å². The van der Waals surface area contributed by atoms with Crippen molar-refractivity contribution in [2.45, 2.75) is 19.8 Å². The van der Waals surface area contributed by atoms with Gasteiger partial charge in [0.2, 0.25) is 0 Å². The minimum Gasteiger partial charge on any atom is -0.457 e. The molecule has 0 spiro atoms. The number of hydrogen-bond acceptors (Lipinski definition) is 2. The summed E-state index contributed by atoms with van der Waals surface area (Å²) >= 11 is 6.11. The van der Waals surface area contributed by atoms with E-state index >= 15 is 0 Å². The summed E-state index contributed by atoms with van der Waals surface area (Å²) in [6.07, 6.45) is 1.70. The van der Waals surface area contributed by atoms with Gasteiger partial charge in [-0.15, -0.1) is 0 Å². The Hall–Kier alpha value is -1.51. The van der Waals surface area contributed by atoms with Crippen LogP contribution in [0.15, 0.2) is 42.5 Å². The average molecular weight is 276 g/mol. The van der Waals surface area contributed by atoms with Crippen molar-refractivity contribution in [3.63, 3.8) is 0 Å². The molecule has 2 aromatic rings. The summed E-state index contributed by atoms with van der Waals surface area (Å²) < 4.78 is 5.95. The Bertz CT molecular complexity index is 554. The van der Waals surface area contributed by atoms with E-state index in [-0.39, 0.29) is 0 Å². The number of halogens is 1. The van der Waals surface area contributed by atoms with Crippen molar-refractivity contribution in [3.05, 3.63) is 58.6 Å². The summed E-state index contributed by atoms with van der Waals surface area (Å²) in [6.45, 7) is 2.69. The number of para-hydroxylation sites is 1. The van der Waals surface area contributed by atoms with E-state index in [0.717, 1.165) is 40.5 Å². The lowest BCUT2D eigenvalue weighted by Gasteiger charge is -2.12. The first kappa shape index (κ1) is 13.9. The van der Waals surface area contributed by atoms with Gasteiger partial charge in [-0.25, -0.2) is 0 Å². The lowest BCUT2D eigenvalue weighted by atomic mass is 10.1. The third-order valence-electron chi connectivity index (χ3n) is 3.01. The fraction of sp³-hybridized carbons (Fsp3) is 0.250. The van der Waals surface area contributed by atoms with Crippen molar-refractivity contribution < 1.29 is 4.74 Å². The van der Waals surface area contributed by atoms with Crippen molar-refractivity contribution >= 4 is 11.6 Å². The van der Waals surface area contributed by atoms with E-state index in [2.05, 4.69) is 6.92 Å². The van der Waals surface area contributed by atoms with Crippen molar-refractivity contribution in [3.8, 4) is 11.5 Å². The van der Waals surface area contributed by atoms with Gasteiger partial charge < -0.3 is 10.5 Å². The predicted molar refractivity (Wildman–Crippen MR) is 80.1 cm³/mol. The zero-order chi connectivity index (χ0) is 13.7. The van der Waals surface area contributed by atoms with Crippen LogP contribution < -0.4 is 10.5 Å². The second-order valence-corrected chi connectivity index (χ2v) is 4.76. The van der Waals surface area contributed by atoms with Gasteiger partial charge in [0.1, 0.15) is 11.5 Å². The molecule has 0 amide bonds. The lowest BCUT2D eigenvalue weighted by Crippen LogP contribution is -2.03. The molecule has 19 heavy (non-hydrogen) atoms. The van der Waals surface area contributed by atoms with Crippen LogP contribution in [0, 0.1) is 0 Å². The highest BCUT2D eigenvalue weighted by molar-refractivity contribution is 6.31. The maximum atomic E-state index is 6.11. The fourth-order valence-electron chi connectivity index (χ4n) is 1.98. The number of nitrogens with two attached hydrogens (primary N) is 1. The molecule has 100 valence electrons. The van der Waals surface area contributed by atoms with E-state index in [1.165, 1.54) is 0 Å². The van der Waals surface area contributed by atoms with Crippen LogP contribution in [-0.2, 0) is 12.8 Å². The highest BCUT2D eigenvalue weighted by atomic mass is 35.5. The molecule has 2 nitrogen and oxygen atoms in total. The summed E-state index contributed by atoms with van der Waals surface area (Å²) in [5.41, 5.74) is 7.83. The summed E-state index contributed by atoms with van der Waals surface area (Å²) in [4.78, 5) is 0. The number of rotatable bonds is 5. The van der Waals surface area contributed by atoms with Gasteiger partial charge in [-0.3, -0.25) is 0 Å². The molecule has 0 aromatic heterocycles. The second kappa shape index (κ2) is 6.60. The monoisotopic (exact) mass is 275 g/mol. The van der Waals surface area contributed by atoms with Gasteiger partial charge in [0, 0.05) is 5.02 Å². The Morgan fingerprint density at radius 3 is 2.63 bits per heavy atom. The topological polar surface area (TPSA) is 35.2 Å². The van der Waals surface area contributed by atoms with Gasteiger partial charge in [-0.2, -0.15) is 0 Å². The van der Waals surface area contributed by atoms with Gasteiger partial charge in [0.15, 0.2) is 0 Å². The molecule has 3 heteroatoms. The average Bonchev–Trinajstić information content (AvgIpc) is 2.43. The van der Waals surface area contributed by atoms with Crippen molar-refractivity contribution in [1.29, 1.82) is 0 Å². The summed E-state index contributed by atoms with van der Waals surface area (Å²) in [5, 5.41) is 0.782. The van der Waals surface area contributed by atoms with Crippen LogP contribution in [0.2, 0.25) is 5.02 Å². The van der Waals surface area contributed by atoms with Crippen molar-refractivity contribution in [2.75, 3.05) is 6.54 Å². The standard InChI is InChI=1S/C16H18ClNO/c1-2-12-11-14(7-8-15(12)17)19-16-6-4-3-5-13(16)9-10-18/h3-8,11H,2,9-10,18H2,1H3. The van der Waals surface area contributed by atoms with Gasteiger partial charge in [-0.05, 0) is 54.8 Å². The highest BCUT2D eigenvalue weighted by Crippen LogP contribution is 2.28. The quantitative estimate of drug-likeness (QED) is 0.888. The van der Waals surface area contributed by atoms with Crippen LogP contribution >= 0.6 is 11.6 Å². The van der Waals surface area contributed by atoms with Gasteiger partial charge in [-0.1, -0.05) is 36.7 Å². The zero-order valence-corrected chi connectivity index (χ0v) is 11.8. The van der Waals surface area contributed by atoms with Gasteiger partial charge in [0.25, 0.3) is 0 Å². The van der Waals surface area contributed by atoms with E-state index in [9.17, 15) is 0 Å². The Morgan fingerprint density at radius 1 is 1.11 bits per heavy atom. The maximum Gasteiger partial charge on any atom is 0.130 e. The molecule has 2 N–H and O–H groups in total. The first-order valence-corrected chi connectivity index (χ1v) is 6.86. The molecular weight excluding hydrogens is 258 g/mol. The molecular formula is C16H18ClNO. The first-order chi connectivity index (χ1) is 9.24. The lowest BCUT2D eigenvalue weighted by molar-refractivity contribution is 0.475. The largest absolute Gasteiger partial charge is 0.457 e. The Kier molecular flexibility index (Phi) is 4.83. The molecule has 2 rings (SSSR count). The van der Waals surface area contributed by atoms with Crippen LogP contribution in [0.25, 0.3) is 0 Å². The van der Waals surface area contributed by atoms with Gasteiger partial charge >= 0.3 is 0 Å². The highest BCUT2D eigenvalue weighted by Gasteiger charge is 2.05. The number of hydrogen-bond donors (Lipinski definition) is 1. The summed E-state index contributed by atoms with van der Waals surface area (Å²) in [7, 11) is 0. The molecule has 0 unspecified atom stereocenters. The zero-order valence-electron chi connectivity index (χ0n) is 11.0. The second-order valence-electron chi connectivity index (χ2n) is 4.36. The normalized spacial score (nSPS) is 10.5. The third-order valence-corrected chi connectivity index (χ3v) is 3.38. The van der Waals surface area contributed by atoms with Crippen LogP contribution in [0.1, 0.15) is 18.1 Å². The summed E-state index contributed by atoms with van der Waals surface area (Å²) in [5.74, 6) is 1.67. The van der Waals surface area contributed by atoms with E-state index in [4.69, 9.17) is 22.1 Å². The van der Waals surface area contributed by atoms with E-state index in [1.54, 1.807) is 0 Å². The molecule has 0 atom stereocenters. The van der Waals surface area contributed by atoms with Crippen LogP contribution in [0.4, 0.5) is 0 Å². The Balaban J connectivity index is 2.26. The Morgan fingerprint density at radius 2 is 1.89 bits per heavy atom. The molecule has 0 radical (unpaired) electrons. The van der Waals surface area contributed by atoms with Crippen LogP contribution in [-0.4, -0.2) is 6.54 Å². The number of aryl methyl sites for hydroxylation is 1. The number of ether oxygens (including phenoxy) is 1. The van der Waals surface area contributed by atoms with E-state index in [0.29, 0.717) is 6.54 Å². The molecule has 0 aliphatic carbocycles. The molecule has 0 bridgehead atoms. The SMILES string of the molecule is CCc1cc(Oc2ccccc2CCN)ccc1Cl. The smallest absolute Gasteiger partial charge is 0.130 e. The molecule has 2 aromatic carbocycles. The predicted octanol–water partition coefficient (Wildman–Crippen LogP) is 4.20. The first-order valence-electron chi connectivity index (χ1n) is 6.49. The summed E-state index contributed by atoms with van der Waals surface area (Å²) in [6, 6.07) is 13.7. The van der Waals surface area contributed by atoms with E-state index in [1.807, 2.05) is 42.5 Å². The Labute approximate surface area is 119 Å². The van der Waals surface area contributed by atoms with Gasteiger partial charge in [0.05, 0.1) is 0 Å². The molecule has 0 saturated carbocycles. The van der Waals surface area contributed by atoms with Crippen molar-refractivity contribution in [2.24, 2.45) is 5.73 Å².